The van der Waals surface area contributed by atoms with E-state index in [1.165, 1.54) is 24.3 Å². The van der Waals surface area contributed by atoms with Crippen LogP contribution in [0.2, 0.25) is 5.02 Å². The molecule has 0 bridgehead atoms. The number of nitrogens with one attached hydrogen (secondary N) is 2. The molecule has 1 atom stereocenters. The van der Waals surface area contributed by atoms with Gasteiger partial charge in [-0.25, -0.2) is 0 Å². The zero-order chi connectivity index (χ0) is 20.0. The highest BCUT2D eigenvalue weighted by atomic mass is 35.5. The molecule has 0 spiro atoms. The van der Waals surface area contributed by atoms with Crippen molar-refractivity contribution < 1.29 is 23.1 Å². The number of rotatable bonds is 7. The molecule has 0 radical (unpaired) electrons. The Bertz CT molecular complexity index is 798. The minimum absolute atomic E-state index is 0.0181. The lowest BCUT2D eigenvalue weighted by Gasteiger charge is -2.22. The number of alkyl halides is 2. The van der Waals surface area contributed by atoms with Crippen LogP contribution in [-0.4, -0.2) is 24.5 Å². The van der Waals surface area contributed by atoms with Gasteiger partial charge in [0.05, 0.1) is 10.6 Å². The second-order valence-electron chi connectivity index (χ2n) is 6.07. The van der Waals surface area contributed by atoms with Gasteiger partial charge in [0.2, 0.25) is 5.91 Å². The second-order valence-corrected chi connectivity index (χ2v) is 6.47. The van der Waals surface area contributed by atoms with E-state index in [1.54, 1.807) is 38.1 Å². The van der Waals surface area contributed by atoms with Gasteiger partial charge in [-0.3, -0.25) is 9.59 Å². The van der Waals surface area contributed by atoms with Gasteiger partial charge in [-0.15, -0.1) is 0 Å². The van der Waals surface area contributed by atoms with Crippen molar-refractivity contribution >= 4 is 29.1 Å². The number of halogens is 3. The number of ether oxygens (including phenoxy) is 1. The summed E-state index contributed by atoms with van der Waals surface area (Å²) in [6, 6.07) is 11.2. The fourth-order valence-electron chi connectivity index (χ4n) is 2.34. The molecule has 0 aromatic heterocycles. The van der Waals surface area contributed by atoms with E-state index < -0.39 is 24.5 Å². The van der Waals surface area contributed by atoms with Crippen LogP contribution in [0.4, 0.5) is 14.5 Å². The quantitative estimate of drug-likeness (QED) is 0.731. The summed E-state index contributed by atoms with van der Waals surface area (Å²) in [5.74, 6) is -1.11. The monoisotopic (exact) mass is 396 g/mol. The van der Waals surface area contributed by atoms with Crippen molar-refractivity contribution in [3.05, 3.63) is 59.1 Å². The Morgan fingerprint density at radius 3 is 2.22 bits per heavy atom. The Morgan fingerprint density at radius 1 is 1.04 bits per heavy atom. The van der Waals surface area contributed by atoms with Gasteiger partial charge in [0.25, 0.3) is 5.91 Å². The Labute approximate surface area is 160 Å². The number of carbonyl (C=O) groups excluding carboxylic acids is 2. The molecule has 2 N–H and O–H groups in total. The molecule has 5 nitrogen and oxygen atoms in total. The predicted molar refractivity (Wildman–Crippen MR) is 99.2 cm³/mol. The van der Waals surface area contributed by atoms with E-state index in [1.807, 2.05) is 0 Å². The fraction of sp³-hybridized carbons (Fsp3) is 0.263. The van der Waals surface area contributed by atoms with E-state index in [-0.39, 0.29) is 22.3 Å². The molecular formula is C19H19ClF2N2O3. The molecule has 2 rings (SSSR count). The highest BCUT2D eigenvalue weighted by Gasteiger charge is 2.25. The molecule has 0 aliphatic rings. The molecule has 0 aliphatic heterocycles. The normalized spacial score (nSPS) is 12.0. The van der Waals surface area contributed by atoms with Crippen LogP contribution >= 0.6 is 11.6 Å². The molecule has 2 aromatic carbocycles. The summed E-state index contributed by atoms with van der Waals surface area (Å²) in [5.41, 5.74) is 0.658. The smallest absolute Gasteiger partial charge is 0.387 e. The molecule has 0 saturated heterocycles. The van der Waals surface area contributed by atoms with Crippen LogP contribution in [0.3, 0.4) is 0 Å². The molecule has 2 amide bonds. The van der Waals surface area contributed by atoms with Gasteiger partial charge in [0, 0.05) is 5.69 Å². The van der Waals surface area contributed by atoms with Gasteiger partial charge in [-0.2, -0.15) is 8.78 Å². The van der Waals surface area contributed by atoms with Crippen molar-refractivity contribution in [2.75, 3.05) is 5.32 Å². The first kappa shape index (κ1) is 20.6. The van der Waals surface area contributed by atoms with Gasteiger partial charge in [0.15, 0.2) is 0 Å². The molecule has 0 fully saturated rings. The summed E-state index contributed by atoms with van der Waals surface area (Å²) in [5, 5.41) is 5.60. The number of carbonyl (C=O) groups is 2. The van der Waals surface area contributed by atoms with Crippen LogP contribution in [0.1, 0.15) is 24.2 Å². The minimum Gasteiger partial charge on any atom is -0.435 e. The van der Waals surface area contributed by atoms with Gasteiger partial charge in [-0.05, 0) is 42.3 Å². The highest BCUT2D eigenvalue weighted by molar-refractivity contribution is 6.33. The molecule has 27 heavy (non-hydrogen) atoms. The van der Waals surface area contributed by atoms with Gasteiger partial charge < -0.3 is 15.4 Å². The third kappa shape index (κ3) is 5.92. The lowest BCUT2D eigenvalue weighted by molar-refractivity contribution is -0.118. The number of anilines is 1. The van der Waals surface area contributed by atoms with E-state index in [9.17, 15) is 18.4 Å². The summed E-state index contributed by atoms with van der Waals surface area (Å²) < 4.78 is 28.6. The molecular weight excluding hydrogens is 378 g/mol. The molecule has 0 saturated carbocycles. The van der Waals surface area contributed by atoms with Crippen LogP contribution in [0.25, 0.3) is 0 Å². The Balaban J connectivity index is 2.06. The molecule has 0 aliphatic carbocycles. The summed E-state index contributed by atoms with van der Waals surface area (Å²) in [6.07, 6.45) is 0. The summed E-state index contributed by atoms with van der Waals surface area (Å²) in [6.45, 7) is 0.656. The van der Waals surface area contributed by atoms with Crippen LogP contribution in [-0.2, 0) is 4.79 Å². The number of benzene rings is 2. The first-order valence-electron chi connectivity index (χ1n) is 8.19. The van der Waals surface area contributed by atoms with Crippen LogP contribution in [0.15, 0.2) is 48.5 Å². The van der Waals surface area contributed by atoms with Crippen LogP contribution < -0.4 is 15.4 Å². The van der Waals surface area contributed by atoms with Crippen LogP contribution in [0.5, 0.6) is 5.75 Å². The topological polar surface area (TPSA) is 67.4 Å². The Morgan fingerprint density at radius 2 is 1.67 bits per heavy atom. The van der Waals surface area contributed by atoms with Crippen molar-refractivity contribution in [3.63, 3.8) is 0 Å². The molecule has 144 valence electrons. The highest BCUT2D eigenvalue weighted by Crippen LogP contribution is 2.19. The lowest BCUT2D eigenvalue weighted by atomic mass is 10.0. The van der Waals surface area contributed by atoms with Gasteiger partial charge in [0.1, 0.15) is 11.8 Å². The van der Waals surface area contributed by atoms with E-state index in [0.717, 1.165) is 0 Å². The summed E-state index contributed by atoms with van der Waals surface area (Å²) >= 11 is 6.02. The molecule has 0 heterocycles. The largest absolute Gasteiger partial charge is 0.435 e. The predicted octanol–water partition coefficient (Wildman–Crippen LogP) is 4.33. The molecule has 1 unspecified atom stereocenters. The number of hydrogen-bond donors (Lipinski definition) is 2. The first-order chi connectivity index (χ1) is 12.8. The molecule has 8 heteroatoms. The SMILES string of the molecule is CC(C)C(NC(=O)c1ccccc1Cl)C(=O)Nc1ccc(OC(F)F)cc1. The van der Waals surface area contributed by atoms with E-state index in [4.69, 9.17) is 11.6 Å². The fourth-order valence-corrected chi connectivity index (χ4v) is 2.56. The third-order valence-electron chi connectivity index (χ3n) is 3.70. The maximum atomic E-state index is 12.6. The third-order valence-corrected chi connectivity index (χ3v) is 4.03. The van der Waals surface area contributed by atoms with Crippen molar-refractivity contribution in [3.8, 4) is 5.75 Å². The maximum absolute atomic E-state index is 12.6. The first-order valence-corrected chi connectivity index (χ1v) is 8.57. The minimum atomic E-state index is -2.92. The summed E-state index contributed by atoms with van der Waals surface area (Å²) in [7, 11) is 0. The van der Waals surface area contributed by atoms with Crippen molar-refractivity contribution in [1.82, 2.24) is 5.32 Å². The Kier molecular flexibility index (Phi) is 7.12. The van der Waals surface area contributed by atoms with Crippen LogP contribution in [0, 0.1) is 5.92 Å². The zero-order valence-corrected chi connectivity index (χ0v) is 15.5. The van der Waals surface area contributed by atoms with E-state index in [2.05, 4.69) is 15.4 Å². The molecule has 2 aromatic rings. The van der Waals surface area contributed by atoms with Gasteiger partial charge in [-0.1, -0.05) is 37.6 Å². The number of hydrogen-bond acceptors (Lipinski definition) is 3. The number of amides is 2. The van der Waals surface area contributed by atoms with E-state index >= 15 is 0 Å². The van der Waals surface area contributed by atoms with Crippen molar-refractivity contribution in [1.29, 1.82) is 0 Å². The van der Waals surface area contributed by atoms with Crippen molar-refractivity contribution in [2.24, 2.45) is 5.92 Å². The van der Waals surface area contributed by atoms with Gasteiger partial charge >= 0.3 is 6.61 Å². The Hall–Kier alpha value is -2.67. The van der Waals surface area contributed by atoms with E-state index in [0.29, 0.717) is 5.69 Å². The van der Waals surface area contributed by atoms with Crippen molar-refractivity contribution in [2.45, 2.75) is 26.5 Å². The zero-order valence-electron chi connectivity index (χ0n) is 14.7. The second kappa shape index (κ2) is 9.32. The standard InChI is InChI=1S/C19H19ClF2N2O3/c1-11(2)16(24-17(25)14-5-3-4-6-15(14)20)18(26)23-12-7-9-13(10-8-12)27-19(21)22/h3-11,16,19H,1-2H3,(H,23,26)(H,24,25). The summed E-state index contributed by atoms with van der Waals surface area (Å²) in [4.78, 5) is 25.0. The lowest BCUT2D eigenvalue weighted by Crippen LogP contribution is -2.47. The average Bonchev–Trinajstić information content (AvgIpc) is 2.60. The average molecular weight is 397 g/mol. The maximum Gasteiger partial charge on any atom is 0.387 e.